The highest BCUT2D eigenvalue weighted by Gasteiger charge is 2.26. The lowest BCUT2D eigenvalue weighted by Gasteiger charge is -2.12. The first-order valence-corrected chi connectivity index (χ1v) is 4.64. The molecule has 1 aliphatic rings. The quantitative estimate of drug-likeness (QED) is 0.705. The summed E-state index contributed by atoms with van der Waals surface area (Å²) in [6, 6.07) is 5.66. The molecule has 14 heavy (non-hydrogen) atoms. The van der Waals surface area contributed by atoms with Crippen molar-refractivity contribution in [3.63, 3.8) is 0 Å². The van der Waals surface area contributed by atoms with E-state index in [1.54, 1.807) is 0 Å². The van der Waals surface area contributed by atoms with E-state index in [2.05, 4.69) is 0 Å². The Hall–Kier alpha value is -1.19. The van der Waals surface area contributed by atoms with E-state index in [9.17, 15) is 4.79 Å². The molecule has 1 unspecified atom stereocenters. The summed E-state index contributed by atoms with van der Waals surface area (Å²) in [5.74, 6) is 0. The van der Waals surface area contributed by atoms with Crippen LogP contribution in [0.5, 0.6) is 0 Å². The topological polar surface area (TPSA) is 40.5 Å². The fourth-order valence-corrected chi connectivity index (χ4v) is 1.96. The van der Waals surface area contributed by atoms with Crippen LogP contribution in [-0.4, -0.2) is 23.3 Å². The summed E-state index contributed by atoms with van der Waals surface area (Å²) in [7, 11) is 1.93. The zero-order valence-corrected chi connectivity index (χ0v) is 8.10. The van der Waals surface area contributed by atoms with Crippen LogP contribution < -0.4 is 0 Å². The minimum absolute atomic E-state index is 0.0583. The van der Waals surface area contributed by atoms with Gasteiger partial charge in [0, 0.05) is 6.54 Å². The molecule has 1 heterocycles. The number of fused-ring (bicyclic) bond motifs is 1. The zero-order chi connectivity index (χ0) is 10.1. The van der Waals surface area contributed by atoms with Gasteiger partial charge in [-0.3, -0.25) is 4.90 Å². The SMILES string of the molecule is CN1Cc2cc(CO)ccc2C1C=O. The summed E-state index contributed by atoms with van der Waals surface area (Å²) in [6.45, 7) is 0.843. The highest BCUT2D eigenvalue weighted by atomic mass is 16.3. The van der Waals surface area contributed by atoms with Gasteiger partial charge in [-0.2, -0.15) is 0 Å². The average Bonchev–Trinajstić information content (AvgIpc) is 2.51. The number of hydrogen-bond acceptors (Lipinski definition) is 3. The van der Waals surface area contributed by atoms with Gasteiger partial charge in [0.2, 0.25) is 0 Å². The smallest absolute Gasteiger partial charge is 0.141 e. The van der Waals surface area contributed by atoms with Crippen molar-refractivity contribution in [2.75, 3.05) is 7.05 Å². The second-order valence-corrected chi connectivity index (χ2v) is 3.69. The van der Waals surface area contributed by atoms with Crippen LogP contribution in [0.1, 0.15) is 22.7 Å². The van der Waals surface area contributed by atoms with Crippen LogP contribution in [0, 0.1) is 0 Å². The van der Waals surface area contributed by atoms with Gasteiger partial charge < -0.3 is 9.90 Å². The Labute approximate surface area is 83.0 Å². The van der Waals surface area contributed by atoms with Gasteiger partial charge in [0.15, 0.2) is 0 Å². The third kappa shape index (κ3) is 1.35. The molecule has 0 saturated heterocycles. The molecule has 0 spiro atoms. The number of benzene rings is 1. The molecule has 0 amide bonds. The number of hydrogen-bond donors (Lipinski definition) is 1. The fourth-order valence-electron chi connectivity index (χ4n) is 1.96. The van der Waals surface area contributed by atoms with E-state index in [0.717, 1.165) is 29.5 Å². The molecule has 0 aromatic heterocycles. The molecule has 74 valence electrons. The monoisotopic (exact) mass is 191 g/mol. The fraction of sp³-hybridized carbons (Fsp3) is 0.364. The highest BCUT2D eigenvalue weighted by molar-refractivity contribution is 5.64. The number of rotatable bonds is 2. The van der Waals surface area contributed by atoms with E-state index >= 15 is 0 Å². The first-order chi connectivity index (χ1) is 6.76. The molecular formula is C11H13NO2. The molecule has 1 N–H and O–H groups in total. The van der Waals surface area contributed by atoms with E-state index in [1.807, 2.05) is 30.1 Å². The Morgan fingerprint density at radius 2 is 2.43 bits per heavy atom. The average molecular weight is 191 g/mol. The van der Waals surface area contributed by atoms with Gasteiger partial charge in [-0.1, -0.05) is 18.2 Å². The van der Waals surface area contributed by atoms with Gasteiger partial charge in [0.1, 0.15) is 6.29 Å². The molecule has 3 heteroatoms. The molecule has 0 radical (unpaired) electrons. The summed E-state index contributed by atoms with van der Waals surface area (Å²) >= 11 is 0. The molecule has 0 aliphatic carbocycles. The van der Waals surface area contributed by atoms with Crippen LogP contribution in [-0.2, 0) is 17.9 Å². The Kier molecular flexibility index (Phi) is 2.35. The Morgan fingerprint density at radius 3 is 3.07 bits per heavy atom. The second kappa shape index (κ2) is 3.52. The first-order valence-electron chi connectivity index (χ1n) is 4.64. The minimum atomic E-state index is -0.113. The van der Waals surface area contributed by atoms with E-state index in [1.165, 1.54) is 0 Å². The van der Waals surface area contributed by atoms with Crippen molar-refractivity contribution >= 4 is 6.29 Å². The van der Waals surface area contributed by atoms with Crippen molar-refractivity contribution in [1.29, 1.82) is 0 Å². The zero-order valence-electron chi connectivity index (χ0n) is 8.10. The van der Waals surface area contributed by atoms with Crippen molar-refractivity contribution < 1.29 is 9.90 Å². The summed E-state index contributed by atoms with van der Waals surface area (Å²) in [5.41, 5.74) is 3.12. The molecular weight excluding hydrogens is 178 g/mol. The minimum Gasteiger partial charge on any atom is -0.392 e. The second-order valence-electron chi connectivity index (χ2n) is 3.69. The van der Waals surface area contributed by atoms with E-state index < -0.39 is 0 Å². The number of aliphatic hydroxyl groups is 1. The number of nitrogens with zero attached hydrogens (tertiary/aromatic N) is 1. The predicted octanol–water partition coefficient (Wildman–Crippen LogP) is 0.864. The van der Waals surface area contributed by atoms with Gasteiger partial charge in [0.05, 0.1) is 12.6 Å². The Bertz CT molecular complexity index is 362. The van der Waals surface area contributed by atoms with Crippen molar-refractivity contribution in [2.24, 2.45) is 0 Å². The van der Waals surface area contributed by atoms with Gasteiger partial charge in [-0.05, 0) is 23.7 Å². The van der Waals surface area contributed by atoms with Crippen LogP contribution >= 0.6 is 0 Å². The van der Waals surface area contributed by atoms with Gasteiger partial charge in [-0.25, -0.2) is 0 Å². The first kappa shape index (κ1) is 9.37. The van der Waals surface area contributed by atoms with Crippen LogP contribution in [0.15, 0.2) is 18.2 Å². The predicted molar refractivity (Wildman–Crippen MR) is 52.6 cm³/mol. The summed E-state index contributed by atoms with van der Waals surface area (Å²) in [6.07, 6.45) is 0.963. The maximum Gasteiger partial charge on any atom is 0.141 e. The number of carbonyl (C=O) groups is 1. The number of aliphatic hydroxyl groups excluding tert-OH is 1. The molecule has 1 aromatic carbocycles. The van der Waals surface area contributed by atoms with Crippen molar-refractivity contribution in [2.45, 2.75) is 19.2 Å². The maximum atomic E-state index is 10.8. The van der Waals surface area contributed by atoms with E-state index in [0.29, 0.717) is 0 Å². The lowest BCUT2D eigenvalue weighted by atomic mass is 10.0. The molecule has 1 aliphatic heterocycles. The normalized spacial score (nSPS) is 20.9. The van der Waals surface area contributed by atoms with Crippen LogP contribution in [0.2, 0.25) is 0 Å². The third-order valence-electron chi connectivity index (χ3n) is 2.73. The maximum absolute atomic E-state index is 10.8. The van der Waals surface area contributed by atoms with Crippen LogP contribution in [0.25, 0.3) is 0 Å². The van der Waals surface area contributed by atoms with Gasteiger partial charge in [-0.15, -0.1) is 0 Å². The van der Waals surface area contributed by atoms with E-state index in [-0.39, 0.29) is 12.6 Å². The number of aldehydes is 1. The number of likely N-dealkylation sites (N-methyl/N-ethyl adjacent to an activating group) is 1. The van der Waals surface area contributed by atoms with Crippen LogP contribution in [0.3, 0.4) is 0 Å². The Balaban J connectivity index is 2.42. The molecule has 0 bridgehead atoms. The van der Waals surface area contributed by atoms with Gasteiger partial charge in [0.25, 0.3) is 0 Å². The molecule has 1 atom stereocenters. The largest absolute Gasteiger partial charge is 0.392 e. The summed E-state index contributed by atoms with van der Waals surface area (Å²) < 4.78 is 0. The van der Waals surface area contributed by atoms with Crippen molar-refractivity contribution in [3.05, 3.63) is 34.9 Å². The van der Waals surface area contributed by atoms with Gasteiger partial charge >= 0.3 is 0 Å². The lowest BCUT2D eigenvalue weighted by molar-refractivity contribution is -0.111. The summed E-state index contributed by atoms with van der Waals surface area (Å²) in [4.78, 5) is 12.8. The standard InChI is InChI=1S/C11H13NO2/c1-12-5-9-4-8(6-13)2-3-10(9)11(12)7-14/h2-4,7,11,13H,5-6H2,1H3. The third-order valence-corrected chi connectivity index (χ3v) is 2.73. The summed E-state index contributed by atoms with van der Waals surface area (Å²) in [5, 5.41) is 8.97. The highest BCUT2D eigenvalue weighted by Crippen LogP contribution is 2.31. The number of carbonyl (C=O) groups excluding carboxylic acids is 1. The van der Waals surface area contributed by atoms with E-state index in [4.69, 9.17) is 5.11 Å². The van der Waals surface area contributed by atoms with Crippen molar-refractivity contribution in [1.82, 2.24) is 4.90 Å². The molecule has 0 saturated carbocycles. The molecule has 0 fully saturated rings. The molecule has 3 nitrogen and oxygen atoms in total. The molecule has 1 aromatic rings. The lowest BCUT2D eigenvalue weighted by Crippen LogP contribution is -2.17. The Morgan fingerprint density at radius 1 is 1.64 bits per heavy atom. The molecule has 2 rings (SSSR count). The van der Waals surface area contributed by atoms with Crippen LogP contribution in [0.4, 0.5) is 0 Å². The van der Waals surface area contributed by atoms with Crippen molar-refractivity contribution in [3.8, 4) is 0 Å².